The molecule has 0 aliphatic carbocycles. The molecular weight excluding hydrogens is 503 g/mol. The van der Waals surface area contributed by atoms with E-state index in [0.717, 1.165) is 14.9 Å². The Kier molecular flexibility index (Phi) is 7.00. The van der Waals surface area contributed by atoms with Crippen LogP contribution in [0.1, 0.15) is 13.8 Å². The third-order valence-corrected chi connectivity index (χ3v) is 7.27. The number of halogens is 2. The summed E-state index contributed by atoms with van der Waals surface area (Å²) < 4.78 is 31.3. The number of carbonyl (C=O) groups excluding carboxylic acids is 1. The molecule has 2 fully saturated rings. The molecule has 188 valence electrons. The van der Waals surface area contributed by atoms with Crippen LogP contribution in [0, 0.1) is 5.82 Å². The number of hydrogen-bond acceptors (Lipinski definition) is 8. The molecule has 1 N–H and O–H groups in total. The molecule has 8 nitrogen and oxygen atoms in total. The third kappa shape index (κ3) is 6.05. The molecule has 3 heterocycles. The van der Waals surface area contributed by atoms with Gasteiger partial charge in [0.25, 0.3) is 0 Å². The average molecular weight is 529 g/mol. The lowest BCUT2D eigenvalue weighted by molar-refractivity contribution is -0.169. The van der Waals surface area contributed by atoms with Crippen molar-refractivity contribution >= 4 is 49.5 Å². The van der Waals surface area contributed by atoms with E-state index in [-0.39, 0.29) is 17.5 Å². The molecule has 1 aromatic heterocycles. The van der Waals surface area contributed by atoms with Crippen molar-refractivity contribution in [1.29, 1.82) is 0 Å². The van der Waals surface area contributed by atoms with Crippen molar-refractivity contribution in [2.24, 2.45) is 0 Å². The number of carbonyl (C=O) groups is 1. The van der Waals surface area contributed by atoms with E-state index >= 15 is 0 Å². The lowest BCUT2D eigenvalue weighted by Crippen LogP contribution is -2.51. The van der Waals surface area contributed by atoms with Crippen molar-refractivity contribution in [3.05, 3.63) is 47.5 Å². The maximum atomic E-state index is 13.6. The Hall–Kier alpha value is -2.95. The molecule has 2 aliphatic rings. The first-order chi connectivity index (χ1) is 17.3. The Labute approximate surface area is 215 Å². The highest BCUT2D eigenvalue weighted by molar-refractivity contribution is 6.50. The first-order valence-corrected chi connectivity index (χ1v) is 13.4. The van der Waals surface area contributed by atoms with Crippen molar-refractivity contribution in [2.45, 2.75) is 31.0 Å². The van der Waals surface area contributed by atoms with E-state index in [4.69, 9.17) is 25.8 Å². The van der Waals surface area contributed by atoms with Gasteiger partial charge >= 0.3 is 5.97 Å². The molecule has 0 bridgehead atoms. The summed E-state index contributed by atoms with van der Waals surface area (Å²) in [6.07, 6.45) is 1.46. The monoisotopic (exact) mass is 528 g/mol. The fraction of sp³-hybridized carbons (Fsp3) is 0.400. The zero-order valence-corrected chi connectivity index (χ0v) is 21.8. The fourth-order valence-corrected chi connectivity index (χ4v) is 4.75. The van der Waals surface area contributed by atoms with E-state index in [1.54, 1.807) is 6.07 Å². The summed E-state index contributed by atoms with van der Waals surface area (Å²) in [5, 5.41) is 3.92. The molecule has 0 saturated carbocycles. The smallest absolute Gasteiger partial charge is 0.320 e. The Morgan fingerprint density at radius 1 is 1.25 bits per heavy atom. The number of esters is 1. The third-order valence-electron chi connectivity index (χ3n) is 5.83. The summed E-state index contributed by atoms with van der Waals surface area (Å²) in [6, 6.07) is 9.28. The molecule has 2 aliphatic heterocycles. The minimum absolute atomic E-state index is 0.0172. The van der Waals surface area contributed by atoms with Crippen molar-refractivity contribution in [3.8, 4) is 11.5 Å². The van der Waals surface area contributed by atoms with E-state index in [9.17, 15) is 9.18 Å². The summed E-state index contributed by atoms with van der Waals surface area (Å²) >= 11 is 5.94. The molecule has 0 unspecified atom stereocenters. The molecular formula is C25H26ClFN4O4Si. The summed E-state index contributed by atoms with van der Waals surface area (Å²) in [5.41, 5.74) is 1.35. The van der Waals surface area contributed by atoms with Crippen molar-refractivity contribution in [2.75, 3.05) is 38.2 Å². The summed E-state index contributed by atoms with van der Waals surface area (Å²) in [7, 11) is 0.940. The Morgan fingerprint density at radius 3 is 2.81 bits per heavy atom. The van der Waals surface area contributed by atoms with Gasteiger partial charge in [-0.25, -0.2) is 14.4 Å². The molecule has 11 heteroatoms. The van der Waals surface area contributed by atoms with Gasteiger partial charge < -0.3 is 19.5 Å². The number of cyclic esters (lactones) is 1. The number of nitrogens with zero attached hydrogens (tertiary/aromatic N) is 3. The average Bonchev–Trinajstić information content (AvgIpc) is 3.64. The summed E-state index contributed by atoms with van der Waals surface area (Å²) in [4.78, 5) is 22.7. The molecule has 5 rings (SSSR count). The maximum absolute atomic E-state index is 13.6. The van der Waals surface area contributed by atoms with Gasteiger partial charge in [-0.05, 0) is 43.7 Å². The van der Waals surface area contributed by atoms with Crippen LogP contribution in [0.3, 0.4) is 0 Å². The number of rotatable bonds is 9. The van der Waals surface area contributed by atoms with E-state index in [1.165, 1.54) is 24.5 Å². The number of aromatic nitrogens is 2. The van der Waals surface area contributed by atoms with Gasteiger partial charge in [-0.3, -0.25) is 9.69 Å². The highest BCUT2D eigenvalue weighted by Crippen LogP contribution is 2.37. The predicted octanol–water partition coefficient (Wildman–Crippen LogP) is 4.49. The highest BCUT2D eigenvalue weighted by atomic mass is 35.5. The van der Waals surface area contributed by atoms with E-state index in [0.29, 0.717) is 60.4 Å². The lowest BCUT2D eigenvalue weighted by Gasteiger charge is -2.37. The van der Waals surface area contributed by atoms with Gasteiger partial charge in [0, 0.05) is 39.7 Å². The fourth-order valence-electron chi connectivity index (χ4n) is 4.08. The first-order valence-electron chi connectivity index (χ1n) is 11.7. The van der Waals surface area contributed by atoms with Gasteiger partial charge in [0.1, 0.15) is 30.2 Å². The minimum atomic E-state index is -0.529. The van der Waals surface area contributed by atoms with Gasteiger partial charge in [-0.2, -0.15) is 0 Å². The van der Waals surface area contributed by atoms with Crippen LogP contribution < -0.4 is 14.8 Å². The summed E-state index contributed by atoms with van der Waals surface area (Å²) in [6.45, 7) is 6.22. The Balaban J connectivity index is 1.38. The van der Waals surface area contributed by atoms with Crippen LogP contribution in [0.2, 0.25) is 16.6 Å². The number of hydrogen-bond donors (Lipinski definition) is 1. The molecule has 3 aromatic rings. The normalized spacial score (nSPS) is 19.1. The quantitative estimate of drug-likeness (QED) is 0.321. The van der Waals surface area contributed by atoms with E-state index < -0.39 is 11.4 Å². The topological polar surface area (TPSA) is 85.8 Å². The molecule has 2 saturated heterocycles. The summed E-state index contributed by atoms with van der Waals surface area (Å²) in [5.74, 6) is 0.990. The number of benzene rings is 2. The second kappa shape index (κ2) is 10.2. The van der Waals surface area contributed by atoms with Crippen LogP contribution in [-0.4, -0.2) is 68.8 Å². The Bertz CT molecular complexity index is 1290. The van der Waals surface area contributed by atoms with Gasteiger partial charge in [0.2, 0.25) is 0 Å². The standard InChI is InChI=1S/C25H26ClFN4O4Si/c1-25(2)13-31(10-23(32)35-25)5-6-33-21-8-17-20(9-22(21)34-11-16-12-36-16)28-14-29-24(17)30-15-3-4-19(27)18(26)7-15/h3-4,7-9,14,16H,5-6,10-13H2,1-2H3,(H,28,29,30)/t16-/m1/s1. The highest BCUT2D eigenvalue weighted by Gasteiger charge is 2.32. The molecule has 2 aromatic carbocycles. The molecule has 2 radical (unpaired) electrons. The second-order valence-electron chi connectivity index (χ2n) is 9.50. The van der Waals surface area contributed by atoms with Crippen LogP contribution in [0.15, 0.2) is 36.7 Å². The zero-order chi connectivity index (χ0) is 25.3. The van der Waals surface area contributed by atoms with Crippen LogP contribution in [0.5, 0.6) is 11.5 Å². The van der Waals surface area contributed by atoms with Gasteiger partial charge in [-0.1, -0.05) is 17.6 Å². The first kappa shape index (κ1) is 24.7. The van der Waals surface area contributed by atoms with Crippen molar-refractivity contribution < 1.29 is 23.4 Å². The Morgan fingerprint density at radius 2 is 2.06 bits per heavy atom. The van der Waals surface area contributed by atoms with Crippen LogP contribution in [0.4, 0.5) is 15.9 Å². The molecule has 0 amide bonds. The van der Waals surface area contributed by atoms with E-state index in [2.05, 4.69) is 15.3 Å². The largest absolute Gasteiger partial charge is 0.490 e. The van der Waals surface area contributed by atoms with Crippen molar-refractivity contribution in [3.63, 3.8) is 0 Å². The van der Waals surface area contributed by atoms with Gasteiger partial charge in [0.05, 0.1) is 23.7 Å². The minimum Gasteiger partial charge on any atom is -0.490 e. The lowest BCUT2D eigenvalue weighted by atomic mass is 10.1. The maximum Gasteiger partial charge on any atom is 0.320 e. The van der Waals surface area contributed by atoms with Crippen LogP contribution >= 0.6 is 11.6 Å². The molecule has 36 heavy (non-hydrogen) atoms. The van der Waals surface area contributed by atoms with E-state index in [1.807, 2.05) is 30.9 Å². The SMILES string of the molecule is CC1(C)CN(CCOc2cc3c(Nc4ccc(F)c(Cl)c4)ncnc3cc2OC[C@@H]2C[Si]2)CC(=O)O1. The van der Waals surface area contributed by atoms with Crippen LogP contribution in [-0.2, 0) is 9.53 Å². The number of anilines is 2. The number of ether oxygens (including phenoxy) is 3. The predicted molar refractivity (Wildman–Crippen MR) is 136 cm³/mol. The molecule has 0 spiro atoms. The van der Waals surface area contributed by atoms with Gasteiger partial charge in [-0.15, -0.1) is 0 Å². The molecule has 1 atom stereocenters. The van der Waals surface area contributed by atoms with Crippen LogP contribution in [0.25, 0.3) is 10.9 Å². The zero-order valence-electron chi connectivity index (χ0n) is 20.0. The van der Waals surface area contributed by atoms with Crippen molar-refractivity contribution in [1.82, 2.24) is 14.9 Å². The number of nitrogens with one attached hydrogen (secondary N) is 1. The second-order valence-corrected chi connectivity index (χ2v) is 11.5. The van der Waals surface area contributed by atoms with Gasteiger partial charge in [0.15, 0.2) is 11.5 Å². The number of morpholine rings is 1. The number of fused-ring (bicyclic) bond motifs is 1.